The van der Waals surface area contributed by atoms with Gasteiger partial charge < -0.3 is 10.6 Å². The fraction of sp³-hybridized carbons (Fsp3) is 0.167. The monoisotopic (exact) mass is 365 g/mol. The summed E-state index contributed by atoms with van der Waals surface area (Å²) >= 11 is 0. The van der Waals surface area contributed by atoms with E-state index in [4.69, 9.17) is 0 Å². The van der Waals surface area contributed by atoms with Crippen molar-refractivity contribution in [3.05, 3.63) is 69.1 Å². The van der Waals surface area contributed by atoms with E-state index in [2.05, 4.69) is 15.6 Å². The van der Waals surface area contributed by atoms with Crippen LogP contribution in [0.25, 0.3) is 5.65 Å². The minimum absolute atomic E-state index is 0.00411. The number of nitro groups is 1. The van der Waals surface area contributed by atoms with E-state index in [1.165, 1.54) is 6.20 Å². The van der Waals surface area contributed by atoms with Crippen LogP contribution in [0.15, 0.2) is 53.5 Å². The minimum Gasteiger partial charge on any atom is -0.334 e. The zero-order valence-corrected chi connectivity index (χ0v) is 14.1. The number of pyridine rings is 1. The van der Waals surface area contributed by atoms with Crippen LogP contribution < -0.4 is 16.2 Å². The third kappa shape index (κ3) is 3.34. The number of aromatic nitrogens is 2. The second kappa shape index (κ2) is 6.52. The molecular formula is C18H15N5O4. The summed E-state index contributed by atoms with van der Waals surface area (Å²) in [7, 11) is 0. The van der Waals surface area contributed by atoms with Crippen LogP contribution >= 0.6 is 0 Å². The van der Waals surface area contributed by atoms with Gasteiger partial charge in [-0.25, -0.2) is 4.98 Å². The summed E-state index contributed by atoms with van der Waals surface area (Å²) in [6.45, 7) is 0. The van der Waals surface area contributed by atoms with Crippen molar-refractivity contribution in [2.75, 3.05) is 10.6 Å². The number of fused-ring (bicyclic) bond motifs is 1. The van der Waals surface area contributed by atoms with Crippen molar-refractivity contribution in [1.29, 1.82) is 0 Å². The average Bonchev–Trinajstić information content (AvgIpc) is 3.48. The fourth-order valence-corrected chi connectivity index (χ4v) is 2.69. The molecule has 136 valence electrons. The Morgan fingerprint density at radius 2 is 1.85 bits per heavy atom. The number of anilines is 3. The Kier molecular flexibility index (Phi) is 4.03. The van der Waals surface area contributed by atoms with E-state index < -0.39 is 16.2 Å². The molecular weight excluding hydrogens is 350 g/mol. The van der Waals surface area contributed by atoms with Gasteiger partial charge in [0.2, 0.25) is 11.7 Å². The van der Waals surface area contributed by atoms with Gasteiger partial charge in [0.05, 0.1) is 4.92 Å². The first-order chi connectivity index (χ1) is 13.0. The number of nitrogens with zero attached hydrogens (tertiary/aromatic N) is 3. The third-order valence-electron chi connectivity index (χ3n) is 4.26. The highest BCUT2D eigenvalue weighted by Crippen LogP contribution is 2.30. The maximum absolute atomic E-state index is 12.4. The number of amides is 1. The van der Waals surface area contributed by atoms with Gasteiger partial charge in [0.1, 0.15) is 5.65 Å². The predicted octanol–water partition coefficient (Wildman–Crippen LogP) is 2.69. The van der Waals surface area contributed by atoms with Crippen molar-refractivity contribution in [1.82, 2.24) is 9.38 Å². The van der Waals surface area contributed by atoms with Crippen LogP contribution in [-0.4, -0.2) is 20.2 Å². The molecule has 0 unspecified atom stereocenters. The summed E-state index contributed by atoms with van der Waals surface area (Å²) in [5, 5.41) is 17.0. The first-order valence-electron chi connectivity index (χ1n) is 8.36. The van der Waals surface area contributed by atoms with Crippen LogP contribution in [0.3, 0.4) is 0 Å². The molecule has 9 heteroatoms. The number of carbonyl (C=O) groups excluding carboxylic acids is 1. The molecule has 1 fully saturated rings. The van der Waals surface area contributed by atoms with Gasteiger partial charge in [0.15, 0.2) is 0 Å². The zero-order valence-electron chi connectivity index (χ0n) is 14.1. The van der Waals surface area contributed by atoms with Crippen molar-refractivity contribution in [2.24, 2.45) is 5.92 Å². The Bertz CT molecular complexity index is 1100. The van der Waals surface area contributed by atoms with Crippen molar-refractivity contribution in [3.63, 3.8) is 0 Å². The SMILES string of the molecule is O=C(Nc1ccc(Nc2nc3ccccn3c(=O)c2[N+](=O)[O-])cc1)C1CC1. The van der Waals surface area contributed by atoms with Crippen molar-refractivity contribution >= 4 is 34.4 Å². The molecule has 4 rings (SSSR count). The van der Waals surface area contributed by atoms with Gasteiger partial charge in [-0.05, 0) is 49.2 Å². The topological polar surface area (TPSA) is 119 Å². The largest absolute Gasteiger partial charge is 0.376 e. The number of hydrogen-bond donors (Lipinski definition) is 2. The van der Waals surface area contributed by atoms with E-state index in [1.807, 2.05) is 0 Å². The lowest BCUT2D eigenvalue weighted by Crippen LogP contribution is -2.20. The Hall–Kier alpha value is -3.75. The molecule has 2 aromatic heterocycles. The molecule has 9 nitrogen and oxygen atoms in total. The molecule has 1 saturated carbocycles. The maximum atomic E-state index is 12.4. The highest BCUT2D eigenvalue weighted by atomic mass is 16.6. The smallest absolute Gasteiger partial charge is 0.334 e. The maximum Gasteiger partial charge on any atom is 0.376 e. The lowest BCUT2D eigenvalue weighted by atomic mass is 10.2. The van der Waals surface area contributed by atoms with Crippen LogP contribution in [0.1, 0.15) is 12.8 Å². The molecule has 3 aromatic rings. The molecule has 0 radical (unpaired) electrons. The fourth-order valence-electron chi connectivity index (χ4n) is 2.69. The summed E-state index contributed by atoms with van der Waals surface area (Å²) in [5.74, 6) is -0.0400. The van der Waals surface area contributed by atoms with Crippen LogP contribution in [0.4, 0.5) is 22.9 Å². The Morgan fingerprint density at radius 1 is 1.15 bits per heavy atom. The van der Waals surface area contributed by atoms with Crippen molar-refractivity contribution in [3.8, 4) is 0 Å². The number of nitrogens with one attached hydrogen (secondary N) is 2. The van der Waals surface area contributed by atoms with E-state index in [1.54, 1.807) is 42.5 Å². The first-order valence-corrected chi connectivity index (χ1v) is 8.36. The molecule has 1 aliphatic carbocycles. The van der Waals surface area contributed by atoms with Crippen LogP contribution in [0, 0.1) is 16.0 Å². The summed E-state index contributed by atoms with van der Waals surface area (Å²) in [5.41, 5.74) is 0.0448. The number of benzene rings is 1. The molecule has 27 heavy (non-hydrogen) atoms. The molecule has 1 amide bonds. The molecule has 2 heterocycles. The van der Waals surface area contributed by atoms with Gasteiger partial charge in [-0.1, -0.05) is 6.07 Å². The number of carbonyl (C=O) groups is 1. The van der Waals surface area contributed by atoms with Gasteiger partial charge in [0, 0.05) is 23.5 Å². The second-order valence-electron chi connectivity index (χ2n) is 6.27. The normalized spacial score (nSPS) is 13.3. The van der Waals surface area contributed by atoms with Gasteiger partial charge in [-0.15, -0.1) is 0 Å². The summed E-state index contributed by atoms with van der Waals surface area (Å²) in [6.07, 6.45) is 3.26. The Morgan fingerprint density at radius 3 is 2.52 bits per heavy atom. The molecule has 1 aliphatic rings. The van der Waals surface area contributed by atoms with Gasteiger partial charge in [-0.2, -0.15) is 0 Å². The average molecular weight is 365 g/mol. The summed E-state index contributed by atoms with van der Waals surface area (Å²) in [6, 6.07) is 11.6. The van der Waals surface area contributed by atoms with E-state index in [-0.39, 0.29) is 17.6 Å². The third-order valence-corrected chi connectivity index (χ3v) is 4.26. The number of rotatable bonds is 5. The quantitative estimate of drug-likeness (QED) is 0.530. The Labute approximate surface area is 152 Å². The molecule has 0 saturated heterocycles. The standard InChI is InChI=1S/C18H15N5O4/c24-17(11-4-5-11)20-13-8-6-12(7-9-13)19-16-15(23(26)27)18(25)22-10-2-1-3-14(22)21-16/h1-3,6-11,19H,4-5H2,(H,20,24). The highest BCUT2D eigenvalue weighted by Gasteiger charge is 2.29. The van der Waals surface area contributed by atoms with E-state index >= 15 is 0 Å². The molecule has 2 N–H and O–H groups in total. The highest BCUT2D eigenvalue weighted by molar-refractivity contribution is 5.94. The minimum atomic E-state index is -0.763. The molecule has 0 atom stereocenters. The lowest BCUT2D eigenvalue weighted by Gasteiger charge is -2.09. The molecule has 0 bridgehead atoms. The lowest BCUT2D eigenvalue weighted by molar-refractivity contribution is -0.385. The zero-order chi connectivity index (χ0) is 19.0. The molecule has 0 aliphatic heterocycles. The van der Waals surface area contributed by atoms with E-state index in [9.17, 15) is 19.7 Å². The van der Waals surface area contributed by atoms with Gasteiger partial charge in [-0.3, -0.25) is 24.1 Å². The van der Waals surface area contributed by atoms with Gasteiger partial charge in [0.25, 0.3) is 0 Å². The van der Waals surface area contributed by atoms with Crippen LogP contribution in [-0.2, 0) is 4.79 Å². The molecule has 0 spiro atoms. The van der Waals surface area contributed by atoms with E-state index in [0.29, 0.717) is 17.0 Å². The van der Waals surface area contributed by atoms with Crippen LogP contribution in [0.5, 0.6) is 0 Å². The Balaban J connectivity index is 1.64. The molecule has 1 aromatic carbocycles. The van der Waals surface area contributed by atoms with Gasteiger partial charge >= 0.3 is 11.2 Å². The van der Waals surface area contributed by atoms with Crippen molar-refractivity contribution in [2.45, 2.75) is 12.8 Å². The number of hydrogen-bond acceptors (Lipinski definition) is 6. The summed E-state index contributed by atoms with van der Waals surface area (Å²) in [4.78, 5) is 39.0. The van der Waals surface area contributed by atoms with Crippen LogP contribution in [0.2, 0.25) is 0 Å². The summed E-state index contributed by atoms with van der Waals surface area (Å²) < 4.78 is 1.12. The van der Waals surface area contributed by atoms with E-state index in [0.717, 1.165) is 17.2 Å². The van der Waals surface area contributed by atoms with Crippen molar-refractivity contribution < 1.29 is 9.72 Å². The predicted molar refractivity (Wildman–Crippen MR) is 99.2 cm³/mol. The first kappa shape index (κ1) is 16.7. The second-order valence-corrected chi connectivity index (χ2v) is 6.27.